The molecule has 0 heterocycles. The first-order valence-electron chi connectivity index (χ1n) is 3.44. The van der Waals surface area contributed by atoms with E-state index in [0.717, 1.165) is 25.7 Å². The van der Waals surface area contributed by atoms with E-state index in [1.54, 1.807) is 0 Å². The lowest BCUT2D eigenvalue weighted by atomic mass is 10.00. The topological polar surface area (TPSA) is 34.1 Å². The molecule has 1 fully saturated rings. The molecule has 0 N–H and O–H groups in total. The molecule has 0 saturated heterocycles. The van der Waals surface area contributed by atoms with Crippen LogP contribution in [0, 0.1) is 0 Å². The summed E-state index contributed by atoms with van der Waals surface area (Å²) in [4.78, 5) is 0. The van der Waals surface area contributed by atoms with Gasteiger partial charge in [-0.3, -0.25) is 0 Å². The fourth-order valence-electron chi connectivity index (χ4n) is 1.28. The second-order valence-electron chi connectivity index (χ2n) is 2.60. The molecule has 2 nitrogen and oxygen atoms in total. The van der Waals surface area contributed by atoms with Crippen molar-refractivity contribution in [1.82, 2.24) is 0 Å². The van der Waals surface area contributed by atoms with Crippen LogP contribution in [-0.2, 0) is 31.8 Å². The molecule has 10 heavy (non-hydrogen) atoms. The lowest BCUT2D eigenvalue weighted by Gasteiger charge is -2.06. The smallest absolute Gasteiger partial charge is 0.0422 e. The molecule has 0 radical (unpaired) electrons. The minimum absolute atomic E-state index is 0.209. The SMILES string of the molecule is O=[S+]C1CCCC([S+]=O)C1. The van der Waals surface area contributed by atoms with Gasteiger partial charge in [0, 0.05) is 21.3 Å². The Morgan fingerprint density at radius 3 is 1.90 bits per heavy atom. The second-order valence-corrected chi connectivity index (χ2v) is 4.32. The van der Waals surface area contributed by atoms with Crippen LogP contribution in [-0.4, -0.2) is 10.5 Å². The Bertz CT molecular complexity index is 124. The fraction of sp³-hybridized carbons (Fsp3) is 1.00. The third kappa shape index (κ3) is 2.02. The standard InChI is InChI=1S/C6H10O2S2/c7-9-5-2-1-3-6(4-5)10-8/h5-6H,1-4H2/q+2. The van der Waals surface area contributed by atoms with Crippen molar-refractivity contribution < 1.29 is 8.42 Å². The third-order valence-electron chi connectivity index (χ3n) is 1.85. The first-order valence-corrected chi connectivity index (χ1v) is 5.05. The maximum atomic E-state index is 10.4. The molecule has 0 spiro atoms. The fourth-order valence-corrected chi connectivity index (χ4v) is 2.55. The van der Waals surface area contributed by atoms with E-state index in [-0.39, 0.29) is 10.5 Å². The van der Waals surface area contributed by atoms with Crippen molar-refractivity contribution in [1.29, 1.82) is 0 Å². The number of hydrogen-bond acceptors (Lipinski definition) is 2. The highest BCUT2D eigenvalue weighted by Gasteiger charge is 2.37. The predicted octanol–water partition coefficient (Wildman–Crippen LogP) is 1.15. The van der Waals surface area contributed by atoms with Crippen molar-refractivity contribution >= 4 is 23.3 Å². The molecular weight excluding hydrogens is 168 g/mol. The van der Waals surface area contributed by atoms with Crippen LogP contribution in [0.5, 0.6) is 0 Å². The minimum Gasteiger partial charge on any atom is -0.0422 e. The van der Waals surface area contributed by atoms with Gasteiger partial charge in [0.15, 0.2) is 0 Å². The molecule has 0 aromatic heterocycles. The van der Waals surface area contributed by atoms with E-state index in [1.807, 2.05) is 0 Å². The molecule has 0 aliphatic heterocycles. The summed E-state index contributed by atoms with van der Waals surface area (Å²) in [5.74, 6) is 0. The normalized spacial score (nSPS) is 33.2. The van der Waals surface area contributed by atoms with Crippen LogP contribution >= 0.6 is 0 Å². The molecular formula is C6H10O2S2+2. The predicted molar refractivity (Wildman–Crippen MR) is 42.1 cm³/mol. The quantitative estimate of drug-likeness (QED) is 0.594. The first-order chi connectivity index (χ1) is 4.86. The average molecular weight is 178 g/mol. The summed E-state index contributed by atoms with van der Waals surface area (Å²) in [6.45, 7) is 0. The van der Waals surface area contributed by atoms with Crippen molar-refractivity contribution in [3.63, 3.8) is 0 Å². The maximum Gasteiger partial charge on any atom is 0.462 e. The summed E-state index contributed by atoms with van der Waals surface area (Å²) < 4.78 is 20.7. The monoisotopic (exact) mass is 178 g/mol. The van der Waals surface area contributed by atoms with Gasteiger partial charge in [0.25, 0.3) is 0 Å². The highest BCUT2D eigenvalue weighted by Crippen LogP contribution is 2.20. The summed E-state index contributed by atoms with van der Waals surface area (Å²) in [6.07, 6.45) is 3.89. The van der Waals surface area contributed by atoms with E-state index in [4.69, 9.17) is 0 Å². The van der Waals surface area contributed by atoms with Gasteiger partial charge < -0.3 is 0 Å². The molecule has 4 heteroatoms. The maximum absolute atomic E-state index is 10.4. The lowest BCUT2D eigenvalue weighted by molar-refractivity contribution is 0.500. The van der Waals surface area contributed by atoms with Crippen molar-refractivity contribution in [2.24, 2.45) is 0 Å². The van der Waals surface area contributed by atoms with Crippen molar-refractivity contribution in [2.45, 2.75) is 36.2 Å². The van der Waals surface area contributed by atoms with E-state index in [0.29, 0.717) is 23.3 Å². The van der Waals surface area contributed by atoms with Gasteiger partial charge in [-0.05, 0) is 6.42 Å². The average Bonchev–Trinajstić information content (AvgIpc) is 2.05. The summed E-state index contributed by atoms with van der Waals surface area (Å²) in [7, 11) is 0. The van der Waals surface area contributed by atoms with Crippen LogP contribution in [0.25, 0.3) is 0 Å². The highest BCUT2D eigenvalue weighted by molar-refractivity contribution is 7.67. The van der Waals surface area contributed by atoms with Gasteiger partial charge in [0.05, 0.1) is 6.42 Å². The van der Waals surface area contributed by atoms with Gasteiger partial charge in [-0.1, -0.05) is 0 Å². The molecule has 2 unspecified atom stereocenters. The Morgan fingerprint density at radius 1 is 1.00 bits per heavy atom. The Labute approximate surface area is 68.4 Å². The van der Waals surface area contributed by atoms with E-state index in [9.17, 15) is 8.42 Å². The van der Waals surface area contributed by atoms with Crippen LogP contribution in [0.3, 0.4) is 0 Å². The Kier molecular flexibility index (Phi) is 3.28. The van der Waals surface area contributed by atoms with Crippen LogP contribution in [0.2, 0.25) is 0 Å². The molecule has 1 aliphatic rings. The van der Waals surface area contributed by atoms with Crippen molar-refractivity contribution in [3.05, 3.63) is 0 Å². The molecule has 1 saturated carbocycles. The minimum atomic E-state index is 0.209. The molecule has 2 atom stereocenters. The van der Waals surface area contributed by atoms with Gasteiger partial charge in [-0.25, -0.2) is 0 Å². The van der Waals surface area contributed by atoms with Crippen molar-refractivity contribution in [3.8, 4) is 0 Å². The van der Waals surface area contributed by atoms with Crippen LogP contribution < -0.4 is 0 Å². The third-order valence-corrected chi connectivity index (χ3v) is 3.25. The van der Waals surface area contributed by atoms with E-state index in [1.165, 1.54) is 0 Å². The van der Waals surface area contributed by atoms with Gasteiger partial charge in [-0.2, -0.15) is 0 Å². The van der Waals surface area contributed by atoms with Crippen LogP contribution in [0.15, 0.2) is 0 Å². The Morgan fingerprint density at radius 2 is 1.50 bits per heavy atom. The van der Waals surface area contributed by atoms with Gasteiger partial charge in [0.2, 0.25) is 10.5 Å². The molecule has 1 aliphatic carbocycles. The zero-order valence-electron chi connectivity index (χ0n) is 5.62. The van der Waals surface area contributed by atoms with Gasteiger partial charge in [0.1, 0.15) is 0 Å². The Hall–Kier alpha value is 0.0400. The molecule has 1 rings (SSSR count). The van der Waals surface area contributed by atoms with E-state index < -0.39 is 0 Å². The van der Waals surface area contributed by atoms with Crippen LogP contribution in [0.1, 0.15) is 25.7 Å². The summed E-state index contributed by atoms with van der Waals surface area (Å²) >= 11 is 1.33. The molecule has 56 valence electrons. The summed E-state index contributed by atoms with van der Waals surface area (Å²) in [6, 6.07) is 0. The highest BCUT2D eigenvalue weighted by atomic mass is 32.1. The number of rotatable bonds is 2. The Balaban J connectivity index is 2.38. The molecule has 0 bridgehead atoms. The van der Waals surface area contributed by atoms with Crippen LogP contribution in [0.4, 0.5) is 0 Å². The van der Waals surface area contributed by atoms with Gasteiger partial charge >= 0.3 is 23.3 Å². The number of hydrogen-bond donors (Lipinski definition) is 0. The van der Waals surface area contributed by atoms with Crippen molar-refractivity contribution in [2.75, 3.05) is 0 Å². The molecule has 0 aromatic rings. The second kappa shape index (κ2) is 4.03. The molecule has 0 aromatic carbocycles. The van der Waals surface area contributed by atoms with E-state index in [2.05, 4.69) is 0 Å². The summed E-state index contributed by atoms with van der Waals surface area (Å²) in [5.41, 5.74) is 0. The molecule has 0 amide bonds. The van der Waals surface area contributed by atoms with Gasteiger partial charge in [-0.15, -0.1) is 0 Å². The zero-order chi connectivity index (χ0) is 7.40. The largest absolute Gasteiger partial charge is 0.462 e. The van der Waals surface area contributed by atoms with E-state index >= 15 is 0 Å². The first kappa shape index (κ1) is 8.14. The summed E-state index contributed by atoms with van der Waals surface area (Å²) in [5, 5.41) is 0.417. The zero-order valence-corrected chi connectivity index (χ0v) is 7.25. The lowest BCUT2D eigenvalue weighted by Crippen LogP contribution is -2.22.